The summed E-state index contributed by atoms with van der Waals surface area (Å²) in [6.45, 7) is 5.10. The summed E-state index contributed by atoms with van der Waals surface area (Å²) in [5.74, 6) is -0.234. The third-order valence-electron chi connectivity index (χ3n) is 3.63. The van der Waals surface area contributed by atoms with Gasteiger partial charge in [-0.15, -0.1) is 0 Å². The van der Waals surface area contributed by atoms with Gasteiger partial charge in [-0.3, -0.25) is 4.79 Å². The fourth-order valence-corrected chi connectivity index (χ4v) is 2.21. The van der Waals surface area contributed by atoms with E-state index < -0.39 is 12.1 Å². The Morgan fingerprint density at radius 1 is 1.08 bits per heavy atom. The van der Waals surface area contributed by atoms with Gasteiger partial charge in [0.05, 0.1) is 18.3 Å². The molecule has 0 aliphatic rings. The predicted octanol–water partition coefficient (Wildman–Crippen LogP) is 3.17. The molecule has 0 saturated carbocycles. The molecular weight excluding hydrogens is 332 g/mol. The Morgan fingerprint density at radius 2 is 1.73 bits per heavy atom. The standard InChI is InChI=1S/C21H22O5/c1-15(2)21(24)25-13-12-17(22)14-26-19-11-7-6-10-18(19)20(23)16-8-4-3-5-9-16/h3-11,17,22H,1,12-14H2,2H3. The van der Waals surface area contributed by atoms with Crippen molar-refractivity contribution in [2.75, 3.05) is 13.2 Å². The predicted molar refractivity (Wildman–Crippen MR) is 98.2 cm³/mol. The van der Waals surface area contributed by atoms with Crippen LogP contribution in [-0.4, -0.2) is 36.2 Å². The number of hydrogen-bond acceptors (Lipinski definition) is 5. The average molecular weight is 354 g/mol. The molecule has 1 unspecified atom stereocenters. The van der Waals surface area contributed by atoms with Crippen molar-refractivity contribution < 1.29 is 24.2 Å². The highest BCUT2D eigenvalue weighted by Gasteiger charge is 2.15. The molecule has 0 heterocycles. The summed E-state index contributed by atoms with van der Waals surface area (Å²) in [5.41, 5.74) is 1.31. The van der Waals surface area contributed by atoms with Crippen molar-refractivity contribution in [2.24, 2.45) is 0 Å². The minimum absolute atomic E-state index is 0.0102. The first-order valence-corrected chi connectivity index (χ1v) is 8.31. The lowest BCUT2D eigenvalue weighted by molar-refractivity contribution is -0.139. The maximum Gasteiger partial charge on any atom is 0.333 e. The van der Waals surface area contributed by atoms with E-state index in [9.17, 15) is 14.7 Å². The van der Waals surface area contributed by atoms with E-state index in [0.717, 1.165) is 0 Å². The number of ketones is 1. The summed E-state index contributed by atoms with van der Waals surface area (Å²) in [7, 11) is 0. The van der Waals surface area contributed by atoms with E-state index in [0.29, 0.717) is 22.4 Å². The van der Waals surface area contributed by atoms with Crippen LogP contribution >= 0.6 is 0 Å². The van der Waals surface area contributed by atoms with Crippen molar-refractivity contribution in [3.63, 3.8) is 0 Å². The zero-order valence-corrected chi connectivity index (χ0v) is 14.7. The summed E-state index contributed by atoms with van der Waals surface area (Å²) in [5, 5.41) is 9.98. The van der Waals surface area contributed by atoms with Gasteiger partial charge in [-0.05, 0) is 19.1 Å². The molecule has 0 spiro atoms. The van der Waals surface area contributed by atoms with Gasteiger partial charge >= 0.3 is 5.97 Å². The molecule has 0 aliphatic heterocycles. The molecule has 0 aliphatic carbocycles. The summed E-state index contributed by atoms with van der Waals surface area (Å²) in [6, 6.07) is 15.8. The van der Waals surface area contributed by atoms with E-state index in [2.05, 4.69) is 6.58 Å². The monoisotopic (exact) mass is 354 g/mol. The Morgan fingerprint density at radius 3 is 2.42 bits per heavy atom. The lowest BCUT2D eigenvalue weighted by atomic mass is 10.0. The fourth-order valence-electron chi connectivity index (χ4n) is 2.21. The highest BCUT2D eigenvalue weighted by atomic mass is 16.5. The van der Waals surface area contributed by atoms with Gasteiger partial charge in [0.25, 0.3) is 0 Å². The molecule has 136 valence electrons. The molecule has 0 radical (unpaired) electrons. The smallest absolute Gasteiger partial charge is 0.333 e. The van der Waals surface area contributed by atoms with Crippen molar-refractivity contribution >= 4 is 11.8 Å². The zero-order valence-electron chi connectivity index (χ0n) is 14.7. The maximum atomic E-state index is 12.6. The van der Waals surface area contributed by atoms with E-state index in [1.165, 1.54) is 0 Å². The van der Waals surface area contributed by atoms with Gasteiger partial charge in [-0.1, -0.05) is 49.0 Å². The van der Waals surface area contributed by atoms with Crippen LogP contribution in [0.25, 0.3) is 0 Å². The van der Waals surface area contributed by atoms with E-state index in [1.54, 1.807) is 55.5 Å². The van der Waals surface area contributed by atoms with Crippen LogP contribution in [0.1, 0.15) is 29.3 Å². The Balaban J connectivity index is 1.93. The van der Waals surface area contributed by atoms with E-state index in [4.69, 9.17) is 9.47 Å². The van der Waals surface area contributed by atoms with Crippen molar-refractivity contribution in [3.8, 4) is 5.75 Å². The second-order valence-corrected chi connectivity index (χ2v) is 5.86. The van der Waals surface area contributed by atoms with Crippen LogP contribution < -0.4 is 4.74 Å². The SMILES string of the molecule is C=C(C)C(=O)OCCC(O)COc1ccccc1C(=O)c1ccccc1. The van der Waals surface area contributed by atoms with Gasteiger partial charge in [0.15, 0.2) is 5.78 Å². The van der Waals surface area contributed by atoms with Gasteiger partial charge in [-0.25, -0.2) is 4.79 Å². The summed E-state index contributed by atoms with van der Waals surface area (Å²) >= 11 is 0. The number of ether oxygens (including phenoxy) is 2. The largest absolute Gasteiger partial charge is 0.490 e. The maximum absolute atomic E-state index is 12.6. The highest BCUT2D eigenvalue weighted by molar-refractivity contribution is 6.10. The van der Waals surface area contributed by atoms with Crippen LogP contribution in [0.5, 0.6) is 5.75 Å². The number of carbonyl (C=O) groups is 2. The molecule has 0 amide bonds. The summed E-state index contributed by atoms with van der Waals surface area (Å²) < 4.78 is 10.6. The van der Waals surface area contributed by atoms with Gasteiger partial charge in [0.1, 0.15) is 12.4 Å². The zero-order chi connectivity index (χ0) is 18.9. The van der Waals surface area contributed by atoms with E-state index in [-0.39, 0.29) is 25.4 Å². The number of para-hydroxylation sites is 1. The molecule has 0 aromatic heterocycles. The Kier molecular flexibility index (Phi) is 7.12. The first-order valence-electron chi connectivity index (χ1n) is 8.31. The van der Waals surface area contributed by atoms with E-state index >= 15 is 0 Å². The fraction of sp³-hybridized carbons (Fsp3) is 0.238. The molecular formula is C21H22O5. The van der Waals surface area contributed by atoms with Gasteiger partial charge in [0.2, 0.25) is 0 Å². The number of rotatable bonds is 9. The van der Waals surface area contributed by atoms with Crippen LogP contribution in [0.2, 0.25) is 0 Å². The topological polar surface area (TPSA) is 72.8 Å². The number of carbonyl (C=O) groups excluding carboxylic acids is 2. The van der Waals surface area contributed by atoms with Crippen LogP contribution in [0.15, 0.2) is 66.7 Å². The third-order valence-corrected chi connectivity index (χ3v) is 3.63. The molecule has 0 saturated heterocycles. The van der Waals surface area contributed by atoms with Crippen molar-refractivity contribution in [2.45, 2.75) is 19.4 Å². The minimum atomic E-state index is -0.826. The van der Waals surface area contributed by atoms with Gasteiger partial charge in [0, 0.05) is 17.6 Å². The molecule has 2 aromatic rings. The molecule has 2 aromatic carbocycles. The average Bonchev–Trinajstić information content (AvgIpc) is 2.66. The molecule has 0 fully saturated rings. The molecule has 0 bridgehead atoms. The normalized spacial score (nSPS) is 11.5. The van der Waals surface area contributed by atoms with Gasteiger partial charge < -0.3 is 14.6 Å². The summed E-state index contributed by atoms with van der Waals surface area (Å²) in [6.07, 6.45) is -0.596. The Labute approximate surface area is 152 Å². The second-order valence-electron chi connectivity index (χ2n) is 5.86. The molecule has 1 atom stereocenters. The second kappa shape index (κ2) is 9.53. The van der Waals surface area contributed by atoms with Crippen molar-refractivity contribution in [1.82, 2.24) is 0 Å². The van der Waals surface area contributed by atoms with Crippen LogP contribution in [0.3, 0.4) is 0 Å². The minimum Gasteiger partial charge on any atom is -0.490 e. The van der Waals surface area contributed by atoms with Crippen molar-refractivity contribution in [3.05, 3.63) is 77.9 Å². The number of benzene rings is 2. The quantitative estimate of drug-likeness (QED) is 0.425. The van der Waals surface area contributed by atoms with E-state index in [1.807, 2.05) is 6.07 Å². The first kappa shape index (κ1) is 19.4. The lowest BCUT2D eigenvalue weighted by Gasteiger charge is -2.15. The number of aliphatic hydroxyl groups is 1. The Hall–Kier alpha value is -2.92. The molecule has 1 N–H and O–H groups in total. The molecule has 5 nitrogen and oxygen atoms in total. The lowest BCUT2D eigenvalue weighted by Crippen LogP contribution is -2.21. The van der Waals surface area contributed by atoms with Crippen molar-refractivity contribution in [1.29, 1.82) is 0 Å². The molecule has 2 rings (SSSR count). The summed E-state index contributed by atoms with van der Waals surface area (Å²) in [4.78, 5) is 23.9. The third kappa shape index (κ3) is 5.57. The van der Waals surface area contributed by atoms with Crippen LogP contribution in [0.4, 0.5) is 0 Å². The number of aliphatic hydroxyl groups excluding tert-OH is 1. The molecule has 26 heavy (non-hydrogen) atoms. The van der Waals surface area contributed by atoms with Crippen LogP contribution in [-0.2, 0) is 9.53 Å². The highest BCUT2D eigenvalue weighted by Crippen LogP contribution is 2.22. The first-order chi connectivity index (χ1) is 12.5. The number of hydrogen-bond donors (Lipinski definition) is 1. The molecule has 5 heteroatoms. The number of esters is 1. The Bertz CT molecular complexity index is 767. The van der Waals surface area contributed by atoms with Crippen LogP contribution in [0, 0.1) is 0 Å². The van der Waals surface area contributed by atoms with Gasteiger partial charge in [-0.2, -0.15) is 0 Å².